The van der Waals surface area contributed by atoms with Crippen molar-refractivity contribution < 1.29 is 29.4 Å². The third-order valence-electron chi connectivity index (χ3n) is 5.23. The van der Waals surface area contributed by atoms with Crippen molar-refractivity contribution >= 4 is 34.6 Å². The molecule has 3 amide bonds. The Labute approximate surface area is 191 Å². The van der Waals surface area contributed by atoms with Crippen molar-refractivity contribution in [2.24, 2.45) is 11.7 Å². The highest BCUT2D eigenvalue weighted by molar-refractivity contribution is 5.93. The fourth-order valence-electron chi connectivity index (χ4n) is 3.25. The molecule has 8 N–H and O–H groups in total. The second-order valence-corrected chi connectivity index (χ2v) is 8.24. The number of carboxylic acids is 1. The van der Waals surface area contributed by atoms with Gasteiger partial charge in [-0.3, -0.25) is 14.4 Å². The molecule has 1 aromatic heterocycles. The number of para-hydroxylation sites is 1. The minimum atomic E-state index is -1.20. The van der Waals surface area contributed by atoms with Gasteiger partial charge >= 0.3 is 5.97 Å². The molecule has 0 radical (unpaired) electrons. The summed E-state index contributed by atoms with van der Waals surface area (Å²) in [6.45, 7) is 4.20. The van der Waals surface area contributed by atoms with Crippen LogP contribution in [0.2, 0.25) is 0 Å². The summed E-state index contributed by atoms with van der Waals surface area (Å²) in [4.78, 5) is 51.9. The molecule has 1 aromatic carbocycles. The number of amides is 3. The summed E-state index contributed by atoms with van der Waals surface area (Å²) in [5.74, 6) is -3.62. The Hall–Kier alpha value is -3.44. The van der Waals surface area contributed by atoms with E-state index >= 15 is 0 Å². The predicted octanol–water partition coefficient (Wildman–Crippen LogP) is -0.755. The Morgan fingerprint density at radius 1 is 1.06 bits per heavy atom. The highest BCUT2D eigenvalue weighted by atomic mass is 16.4. The number of aromatic amines is 1. The number of nitrogens with one attached hydrogen (secondary N) is 4. The average Bonchev–Trinajstić information content (AvgIpc) is 3.16. The summed E-state index contributed by atoms with van der Waals surface area (Å²) in [5, 5.41) is 27.0. The first-order valence-corrected chi connectivity index (χ1v) is 10.6. The Kier molecular flexibility index (Phi) is 8.94. The van der Waals surface area contributed by atoms with Crippen LogP contribution in [0.5, 0.6) is 0 Å². The van der Waals surface area contributed by atoms with Gasteiger partial charge in [0.25, 0.3) is 0 Å². The molecule has 0 spiro atoms. The van der Waals surface area contributed by atoms with Crippen molar-refractivity contribution in [3.8, 4) is 0 Å². The number of carbonyl (C=O) groups is 4. The smallest absolute Gasteiger partial charge is 0.326 e. The van der Waals surface area contributed by atoms with Crippen LogP contribution < -0.4 is 21.7 Å². The van der Waals surface area contributed by atoms with Crippen LogP contribution in [0.15, 0.2) is 30.5 Å². The lowest BCUT2D eigenvalue weighted by atomic mass is 10.0. The molecule has 0 saturated carbocycles. The molecule has 0 fully saturated rings. The highest BCUT2D eigenvalue weighted by Gasteiger charge is 2.29. The molecule has 4 unspecified atom stereocenters. The number of aliphatic hydroxyl groups is 1. The van der Waals surface area contributed by atoms with Crippen molar-refractivity contribution in [1.82, 2.24) is 20.9 Å². The van der Waals surface area contributed by atoms with Crippen molar-refractivity contribution in [2.45, 2.75) is 51.4 Å². The second-order valence-electron chi connectivity index (χ2n) is 8.24. The van der Waals surface area contributed by atoms with Gasteiger partial charge in [0, 0.05) is 23.5 Å². The summed E-state index contributed by atoms with van der Waals surface area (Å²) in [5.41, 5.74) is 7.14. The van der Waals surface area contributed by atoms with E-state index < -0.39 is 54.5 Å². The van der Waals surface area contributed by atoms with Gasteiger partial charge < -0.3 is 36.9 Å². The first-order valence-electron chi connectivity index (χ1n) is 10.6. The molecule has 0 aliphatic carbocycles. The van der Waals surface area contributed by atoms with Gasteiger partial charge in [0.15, 0.2) is 0 Å². The first kappa shape index (κ1) is 25.8. The fraction of sp³-hybridized carbons (Fsp3) is 0.455. The normalized spacial score (nSPS) is 14.8. The number of aliphatic hydroxyl groups excluding tert-OH is 1. The number of carboxylic acid groups (broad SMARTS) is 1. The molecule has 33 heavy (non-hydrogen) atoms. The minimum Gasteiger partial charge on any atom is -0.480 e. The maximum Gasteiger partial charge on any atom is 0.326 e. The second kappa shape index (κ2) is 11.4. The van der Waals surface area contributed by atoms with Crippen LogP contribution in [0.25, 0.3) is 10.9 Å². The van der Waals surface area contributed by atoms with E-state index in [0.717, 1.165) is 16.5 Å². The summed E-state index contributed by atoms with van der Waals surface area (Å²) < 4.78 is 0. The van der Waals surface area contributed by atoms with Gasteiger partial charge in [-0.2, -0.15) is 0 Å². The molecular weight excluding hydrogens is 430 g/mol. The maximum absolute atomic E-state index is 13.0. The van der Waals surface area contributed by atoms with Gasteiger partial charge in [-0.1, -0.05) is 32.0 Å². The maximum atomic E-state index is 13.0. The van der Waals surface area contributed by atoms with E-state index in [1.807, 2.05) is 24.3 Å². The number of hydrogen-bond acceptors (Lipinski definition) is 6. The summed E-state index contributed by atoms with van der Waals surface area (Å²) in [6.07, 6.45) is 0.711. The van der Waals surface area contributed by atoms with E-state index in [1.165, 1.54) is 6.92 Å². The molecule has 2 aromatic rings. The van der Waals surface area contributed by atoms with Gasteiger partial charge in [-0.05, 0) is 24.5 Å². The van der Waals surface area contributed by atoms with Gasteiger partial charge in [-0.15, -0.1) is 0 Å². The van der Waals surface area contributed by atoms with Crippen LogP contribution in [0, 0.1) is 5.92 Å². The van der Waals surface area contributed by atoms with E-state index in [-0.39, 0.29) is 12.3 Å². The number of hydrogen-bond donors (Lipinski definition) is 7. The van der Waals surface area contributed by atoms with E-state index in [1.54, 1.807) is 20.0 Å². The van der Waals surface area contributed by atoms with E-state index in [0.29, 0.717) is 0 Å². The van der Waals surface area contributed by atoms with Crippen molar-refractivity contribution in [3.05, 3.63) is 36.0 Å². The molecule has 4 atom stereocenters. The van der Waals surface area contributed by atoms with Crippen LogP contribution in [0.1, 0.15) is 26.3 Å². The van der Waals surface area contributed by atoms with Crippen molar-refractivity contribution in [3.63, 3.8) is 0 Å². The van der Waals surface area contributed by atoms with E-state index in [4.69, 9.17) is 5.73 Å². The van der Waals surface area contributed by atoms with Crippen LogP contribution in [0.3, 0.4) is 0 Å². The molecular formula is C22H31N5O6. The lowest BCUT2D eigenvalue weighted by Crippen LogP contribution is -2.55. The third kappa shape index (κ3) is 7.02. The van der Waals surface area contributed by atoms with Gasteiger partial charge in [0.05, 0.1) is 12.6 Å². The number of rotatable bonds is 11. The Bertz CT molecular complexity index is 1000. The Balaban J connectivity index is 2.17. The Morgan fingerprint density at radius 2 is 1.73 bits per heavy atom. The molecule has 11 heteroatoms. The average molecular weight is 462 g/mol. The lowest BCUT2D eigenvalue weighted by Gasteiger charge is -2.23. The van der Waals surface area contributed by atoms with Crippen molar-refractivity contribution in [1.29, 1.82) is 0 Å². The zero-order valence-corrected chi connectivity index (χ0v) is 18.8. The zero-order chi connectivity index (χ0) is 24.7. The third-order valence-corrected chi connectivity index (χ3v) is 5.23. The summed E-state index contributed by atoms with van der Waals surface area (Å²) in [6, 6.07) is 3.99. The first-order chi connectivity index (χ1) is 15.5. The van der Waals surface area contributed by atoms with Gasteiger partial charge in [-0.25, -0.2) is 4.79 Å². The minimum absolute atomic E-state index is 0.0904. The number of fused-ring (bicyclic) bond motifs is 1. The van der Waals surface area contributed by atoms with Crippen LogP contribution in [0.4, 0.5) is 0 Å². The quantitative estimate of drug-likeness (QED) is 0.229. The zero-order valence-electron chi connectivity index (χ0n) is 18.8. The summed E-state index contributed by atoms with van der Waals surface area (Å²) >= 11 is 0. The fourth-order valence-corrected chi connectivity index (χ4v) is 3.25. The van der Waals surface area contributed by atoms with Gasteiger partial charge in [0.2, 0.25) is 17.7 Å². The molecule has 2 rings (SSSR count). The number of H-pyrrole nitrogens is 1. The van der Waals surface area contributed by atoms with Crippen LogP contribution in [-0.2, 0) is 25.6 Å². The largest absolute Gasteiger partial charge is 0.480 e. The molecule has 0 bridgehead atoms. The number of aliphatic carboxylic acids is 1. The highest BCUT2D eigenvalue weighted by Crippen LogP contribution is 2.19. The number of benzene rings is 1. The van der Waals surface area contributed by atoms with Gasteiger partial charge in [0.1, 0.15) is 18.1 Å². The molecule has 0 aliphatic rings. The topological polar surface area (TPSA) is 187 Å². The molecule has 1 heterocycles. The Morgan fingerprint density at radius 3 is 2.33 bits per heavy atom. The monoisotopic (exact) mass is 461 g/mol. The number of aromatic nitrogens is 1. The van der Waals surface area contributed by atoms with E-state index in [2.05, 4.69) is 20.9 Å². The lowest BCUT2D eigenvalue weighted by molar-refractivity contribution is -0.143. The standard InChI is InChI=1S/C22H31N5O6/c1-11(2)19(22(32)33)27-20(30)16(8-13-9-24-15-7-5-4-6-14(13)15)26-17(29)10-25-21(31)18(23)12(3)28/h4-7,9,11-12,16,18-19,24,28H,8,10,23H2,1-3H3,(H,25,31)(H,26,29)(H,27,30)(H,32,33). The number of nitrogens with two attached hydrogens (primary N) is 1. The molecule has 180 valence electrons. The summed E-state index contributed by atoms with van der Waals surface area (Å²) in [7, 11) is 0. The van der Waals surface area contributed by atoms with E-state index in [9.17, 15) is 29.4 Å². The molecule has 11 nitrogen and oxygen atoms in total. The predicted molar refractivity (Wildman–Crippen MR) is 121 cm³/mol. The molecule has 0 saturated heterocycles. The van der Waals surface area contributed by atoms with Crippen LogP contribution in [-0.4, -0.2) is 69.7 Å². The number of carbonyl (C=O) groups excluding carboxylic acids is 3. The van der Waals surface area contributed by atoms with Crippen LogP contribution >= 0.6 is 0 Å². The SMILES string of the molecule is CC(C)C(NC(=O)C(Cc1c[nH]c2ccccc12)NC(=O)CNC(=O)C(N)C(C)O)C(=O)O. The van der Waals surface area contributed by atoms with Crippen molar-refractivity contribution in [2.75, 3.05) is 6.54 Å². The molecule has 0 aliphatic heterocycles.